The van der Waals surface area contributed by atoms with Crippen molar-refractivity contribution < 1.29 is 19.4 Å². The lowest BCUT2D eigenvalue weighted by Crippen LogP contribution is -2.53. The molecule has 0 bridgehead atoms. The summed E-state index contributed by atoms with van der Waals surface area (Å²) in [4.78, 5) is 28.0. The fourth-order valence-electron chi connectivity index (χ4n) is 4.52. The van der Waals surface area contributed by atoms with E-state index in [-0.39, 0.29) is 11.6 Å². The Kier molecular flexibility index (Phi) is 5.71. The lowest BCUT2D eigenvalue weighted by atomic mass is 9.84. The molecule has 154 valence electrons. The fraction of sp³-hybridized carbons (Fsp3) is 0.636. The van der Waals surface area contributed by atoms with Crippen LogP contribution in [-0.4, -0.2) is 57.7 Å². The molecule has 2 aliphatic rings. The monoisotopic (exact) mass is 388 g/mol. The number of amides is 1. The smallest absolute Gasteiger partial charge is 0.410 e. The first-order valence-corrected chi connectivity index (χ1v) is 10.2. The van der Waals surface area contributed by atoms with E-state index in [1.54, 1.807) is 6.07 Å². The first-order valence-electron chi connectivity index (χ1n) is 10.2. The van der Waals surface area contributed by atoms with Gasteiger partial charge in [-0.2, -0.15) is 0 Å². The molecule has 0 aromatic heterocycles. The Balaban J connectivity index is 1.64. The average Bonchev–Trinajstić information content (AvgIpc) is 2.95. The number of likely N-dealkylation sites (tertiary alicyclic amines) is 2. The van der Waals surface area contributed by atoms with Gasteiger partial charge in [-0.15, -0.1) is 0 Å². The van der Waals surface area contributed by atoms with Gasteiger partial charge in [-0.3, -0.25) is 4.90 Å². The number of rotatable bonds is 3. The van der Waals surface area contributed by atoms with E-state index in [0.29, 0.717) is 5.56 Å². The van der Waals surface area contributed by atoms with Crippen molar-refractivity contribution >= 4 is 12.1 Å². The van der Waals surface area contributed by atoms with Gasteiger partial charge in [-0.1, -0.05) is 12.1 Å². The van der Waals surface area contributed by atoms with Crippen molar-refractivity contribution in [2.45, 2.75) is 71.1 Å². The largest absolute Gasteiger partial charge is 0.478 e. The summed E-state index contributed by atoms with van der Waals surface area (Å²) in [6, 6.07) is 5.63. The molecule has 2 saturated heterocycles. The molecule has 1 spiro atoms. The van der Waals surface area contributed by atoms with E-state index < -0.39 is 11.6 Å². The fourth-order valence-corrected chi connectivity index (χ4v) is 4.52. The number of ether oxygens (including phenoxy) is 1. The number of carbonyl (C=O) groups excluding carboxylic acids is 1. The Labute approximate surface area is 167 Å². The maximum absolute atomic E-state index is 12.4. The standard InChI is InChI=1S/C22H32N2O4/c1-16-14-17(6-7-18(16)19(25)26)15-24-11-5-8-22(24)9-12-23(13-10-22)20(27)28-21(2,3)4/h6-7,14H,5,8-13,15H2,1-4H3,(H,25,26). The summed E-state index contributed by atoms with van der Waals surface area (Å²) in [5, 5.41) is 9.23. The van der Waals surface area contributed by atoms with Crippen molar-refractivity contribution in [2.24, 2.45) is 0 Å². The van der Waals surface area contributed by atoms with Crippen LogP contribution in [0.15, 0.2) is 18.2 Å². The lowest BCUT2D eigenvalue weighted by Gasteiger charge is -2.45. The Bertz CT molecular complexity index is 745. The van der Waals surface area contributed by atoms with Crippen LogP contribution in [-0.2, 0) is 11.3 Å². The number of benzene rings is 1. The highest BCUT2D eigenvalue weighted by Crippen LogP contribution is 2.39. The summed E-state index contributed by atoms with van der Waals surface area (Å²) in [6.45, 7) is 10.9. The van der Waals surface area contributed by atoms with Crippen molar-refractivity contribution in [3.05, 3.63) is 34.9 Å². The molecule has 0 aliphatic carbocycles. The van der Waals surface area contributed by atoms with Crippen molar-refractivity contribution in [1.29, 1.82) is 0 Å². The average molecular weight is 389 g/mol. The van der Waals surface area contributed by atoms with Crippen molar-refractivity contribution in [3.63, 3.8) is 0 Å². The number of carbonyl (C=O) groups is 2. The zero-order valence-corrected chi connectivity index (χ0v) is 17.5. The minimum atomic E-state index is -0.879. The Hall–Kier alpha value is -2.08. The van der Waals surface area contributed by atoms with E-state index in [1.807, 2.05) is 44.7 Å². The van der Waals surface area contributed by atoms with E-state index >= 15 is 0 Å². The molecule has 1 N–H and O–H groups in total. The van der Waals surface area contributed by atoms with Crippen LogP contribution in [0.2, 0.25) is 0 Å². The van der Waals surface area contributed by atoms with Gasteiger partial charge in [0, 0.05) is 25.2 Å². The van der Waals surface area contributed by atoms with Crippen LogP contribution in [0.5, 0.6) is 0 Å². The highest BCUT2D eigenvalue weighted by atomic mass is 16.6. The number of aryl methyl sites for hydroxylation is 1. The molecule has 1 aromatic rings. The third-order valence-electron chi connectivity index (χ3n) is 5.98. The predicted octanol–water partition coefficient (Wildman–Crippen LogP) is 4.06. The normalized spacial score (nSPS) is 19.8. The second-order valence-electron chi connectivity index (χ2n) is 9.17. The molecule has 2 heterocycles. The molecule has 6 heteroatoms. The van der Waals surface area contributed by atoms with Crippen LogP contribution >= 0.6 is 0 Å². The van der Waals surface area contributed by atoms with Gasteiger partial charge in [-0.05, 0) is 77.1 Å². The topological polar surface area (TPSA) is 70.1 Å². The van der Waals surface area contributed by atoms with Crippen molar-refractivity contribution in [1.82, 2.24) is 9.80 Å². The maximum atomic E-state index is 12.4. The summed E-state index contributed by atoms with van der Waals surface area (Å²) in [5.41, 5.74) is 1.99. The summed E-state index contributed by atoms with van der Waals surface area (Å²) >= 11 is 0. The molecule has 1 aromatic carbocycles. The molecule has 1 amide bonds. The first kappa shape index (κ1) is 20.6. The van der Waals surface area contributed by atoms with E-state index in [0.717, 1.165) is 56.6 Å². The van der Waals surface area contributed by atoms with Gasteiger partial charge in [0.1, 0.15) is 5.60 Å². The van der Waals surface area contributed by atoms with Crippen LogP contribution < -0.4 is 0 Å². The maximum Gasteiger partial charge on any atom is 0.410 e. The molecule has 2 fully saturated rings. The van der Waals surface area contributed by atoms with E-state index in [9.17, 15) is 14.7 Å². The summed E-state index contributed by atoms with van der Waals surface area (Å²) < 4.78 is 5.52. The van der Waals surface area contributed by atoms with Gasteiger partial charge in [0.05, 0.1) is 5.56 Å². The minimum Gasteiger partial charge on any atom is -0.478 e. The summed E-state index contributed by atoms with van der Waals surface area (Å²) in [6.07, 6.45) is 4.02. The quantitative estimate of drug-likeness (QED) is 0.846. The molecule has 0 atom stereocenters. The van der Waals surface area contributed by atoms with E-state index in [1.165, 1.54) is 6.42 Å². The third-order valence-corrected chi connectivity index (χ3v) is 5.98. The Morgan fingerprint density at radius 2 is 1.82 bits per heavy atom. The van der Waals surface area contributed by atoms with Gasteiger partial charge in [0.25, 0.3) is 0 Å². The zero-order valence-electron chi connectivity index (χ0n) is 17.5. The molecule has 0 radical (unpaired) electrons. The molecule has 6 nitrogen and oxygen atoms in total. The molecule has 3 rings (SSSR count). The van der Waals surface area contributed by atoms with Gasteiger partial charge in [-0.25, -0.2) is 9.59 Å². The second-order valence-corrected chi connectivity index (χ2v) is 9.17. The SMILES string of the molecule is Cc1cc(CN2CCCC23CCN(C(=O)OC(C)(C)C)CC3)ccc1C(=O)O. The van der Waals surface area contributed by atoms with Crippen LogP contribution in [0.3, 0.4) is 0 Å². The summed E-state index contributed by atoms with van der Waals surface area (Å²) in [7, 11) is 0. The van der Waals surface area contributed by atoms with Gasteiger partial charge in [0.2, 0.25) is 0 Å². The van der Waals surface area contributed by atoms with Gasteiger partial charge in [0.15, 0.2) is 0 Å². The molecule has 0 saturated carbocycles. The Morgan fingerprint density at radius 1 is 1.14 bits per heavy atom. The van der Waals surface area contributed by atoms with Crippen LogP contribution in [0.4, 0.5) is 4.79 Å². The number of carboxylic acid groups (broad SMARTS) is 1. The van der Waals surface area contributed by atoms with Gasteiger partial charge < -0.3 is 14.7 Å². The molecule has 0 unspecified atom stereocenters. The predicted molar refractivity (Wildman–Crippen MR) is 108 cm³/mol. The number of hydrogen-bond donors (Lipinski definition) is 1. The second kappa shape index (κ2) is 7.74. The lowest BCUT2D eigenvalue weighted by molar-refractivity contribution is 0.00162. The number of hydrogen-bond acceptors (Lipinski definition) is 4. The Morgan fingerprint density at radius 3 is 2.39 bits per heavy atom. The highest BCUT2D eigenvalue weighted by Gasteiger charge is 2.44. The van der Waals surface area contributed by atoms with Crippen molar-refractivity contribution in [2.75, 3.05) is 19.6 Å². The van der Waals surface area contributed by atoms with Gasteiger partial charge >= 0.3 is 12.1 Å². The molecular weight excluding hydrogens is 356 g/mol. The van der Waals surface area contributed by atoms with Crippen molar-refractivity contribution in [3.8, 4) is 0 Å². The molecule has 28 heavy (non-hydrogen) atoms. The highest BCUT2D eigenvalue weighted by molar-refractivity contribution is 5.89. The minimum absolute atomic E-state index is 0.137. The van der Waals surface area contributed by atoms with Crippen LogP contribution in [0, 0.1) is 6.92 Å². The van der Waals surface area contributed by atoms with Crippen LogP contribution in [0.1, 0.15) is 67.9 Å². The van der Waals surface area contributed by atoms with E-state index in [4.69, 9.17) is 4.74 Å². The first-order chi connectivity index (χ1) is 13.1. The van der Waals surface area contributed by atoms with E-state index in [2.05, 4.69) is 4.90 Å². The van der Waals surface area contributed by atoms with Crippen LogP contribution in [0.25, 0.3) is 0 Å². The number of piperidine rings is 1. The number of aromatic carboxylic acids is 1. The number of nitrogens with zero attached hydrogens (tertiary/aromatic N) is 2. The summed E-state index contributed by atoms with van der Waals surface area (Å²) in [5.74, 6) is -0.879. The number of carboxylic acids is 1. The molecular formula is C22H32N2O4. The molecule has 2 aliphatic heterocycles. The zero-order chi connectivity index (χ0) is 20.5. The third kappa shape index (κ3) is 4.49.